The average molecular weight is 419 g/mol. The number of fused-ring (bicyclic) bond motifs is 3. The highest BCUT2D eigenvalue weighted by Crippen LogP contribution is 2.27. The Bertz CT molecular complexity index is 944. The number of hydrogen-bond acceptors (Lipinski definition) is 3. The number of aromatic nitrogens is 2. The first kappa shape index (κ1) is 20.6. The van der Waals surface area contributed by atoms with Crippen LogP contribution in [0.1, 0.15) is 36.0 Å². The van der Waals surface area contributed by atoms with Crippen molar-refractivity contribution in [2.45, 2.75) is 43.8 Å². The molecule has 3 aromatic rings. The first-order valence-electron chi connectivity index (χ1n) is 9.36. The number of hydrogen-bond donors (Lipinski definition) is 2. The highest BCUT2D eigenvalue weighted by atomic mass is 35.5. The van der Waals surface area contributed by atoms with E-state index in [4.69, 9.17) is 0 Å². The number of halogens is 2. The standard InChI is InChI=1S/C21H22N4O.2ClH/c26-21(24-17-11-15-7-8-16(12-17)23-15)14-5-9-18(10-6-14)25-13-22-19-3-1-2-4-20(19)25;;/h1-6,9-10,13,15-17,23H,7-8,11-12H2,(H,24,26);2*1H. The summed E-state index contributed by atoms with van der Waals surface area (Å²) in [6.45, 7) is 0. The SMILES string of the molecule is Cl.Cl.O=C(NC1CC2CCC(C1)N2)c1ccc(-n2cnc3ccccc32)cc1. The van der Waals surface area contributed by atoms with E-state index in [1.807, 2.05) is 59.4 Å². The molecule has 2 N–H and O–H groups in total. The molecule has 2 aromatic carbocycles. The quantitative estimate of drug-likeness (QED) is 0.678. The van der Waals surface area contributed by atoms with Gasteiger partial charge in [0, 0.05) is 29.4 Å². The molecule has 2 aliphatic rings. The maximum atomic E-state index is 12.6. The summed E-state index contributed by atoms with van der Waals surface area (Å²) in [5.74, 6) is 0.0262. The van der Waals surface area contributed by atoms with Gasteiger partial charge in [-0.2, -0.15) is 0 Å². The van der Waals surface area contributed by atoms with E-state index in [-0.39, 0.29) is 30.7 Å². The van der Waals surface area contributed by atoms with Gasteiger partial charge in [0.25, 0.3) is 5.91 Å². The van der Waals surface area contributed by atoms with E-state index in [1.165, 1.54) is 12.8 Å². The van der Waals surface area contributed by atoms with Crippen LogP contribution in [-0.4, -0.2) is 33.6 Å². The molecule has 2 atom stereocenters. The summed E-state index contributed by atoms with van der Waals surface area (Å²) in [5.41, 5.74) is 3.75. The Morgan fingerprint density at radius 1 is 1.00 bits per heavy atom. The van der Waals surface area contributed by atoms with Crippen molar-refractivity contribution in [2.75, 3.05) is 0 Å². The number of rotatable bonds is 3. The van der Waals surface area contributed by atoms with E-state index in [0.29, 0.717) is 23.7 Å². The Morgan fingerprint density at radius 3 is 2.39 bits per heavy atom. The van der Waals surface area contributed by atoms with Crippen LogP contribution in [0.25, 0.3) is 16.7 Å². The first-order valence-corrected chi connectivity index (χ1v) is 9.36. The Kier molecular flexibility index (Phi) is 6.28. The van der Waals surface area contributed by atoms with Crippen LogP contribution in [-0.2, 0) is 0 Å². The third-order valence-electron chi connectivity index (χ3n) is 5.67. The van der Waals surface area contributed by atoms with Gasteiger partial charge >= 0.3 is 0 Å². The molecule has 1 aromatic heterocycles. The van der Waals surface area contributed by atoms with Gasteiger partial charge in [0.05, 0.1) is 11.0 Å². The van der Waals surface area contributed by atoms with Crippen molar-refractivity contribution < 1.29 is 4.79 Å². The largest absolute Gasteiger partial charge is 0.349 e. The molecule has 28 heavy (non-hydrogen) atoms. The molecular weight excluding hydrogens is 395 g/mol. The fraction of sp³-hybridized carbons (Fsp3) is 0.333. The van der Waals surface area contributed by atoms with Crippen molar-refractivity contribution in [3.05, 3.63) is 60.4 Å². The lowest BCUT2D eigenvalue weighted by Gasteiger charge is -2.29. The van der Waals surface area contributed by atoms with Gasteiger partial charge in [-0.15, -0.1) is 24.8 Å². The number of para-hydroxylation sites is 2. The molecule has 2 unspecified atom stereocenters. The van der Waals surface area contributed by atoms with Gasteiger partial charge in [0.15, 0.2) is 0 Å². The molecule has 0 radical (unpaired) electrons. The molecule has 2 saturated heterocycles. The topological polar surface area (TPSA) is 59.0 Å². The van der Waals surface area contributed by atoms with Crippen molar-refractivity contribution in [1.82, 2.24) is 20.2 Å². The first-order chi connectivity index (χ1) is 12.8. The molecule has 2 fully saturated rings. The third kappa shape index (κ3) is 3.88. The minimum Gasteiger partial charge on any atom is -0.349 e. The van der Waals surface area contributed by atoms with Gasteiger partial charge in [-0.1, -0.05) is 12.1 Å². The van der Waals surface area contributed by atoms with Gasteiger partial charge in [0.2, 0.25) is 0 Å². The highest BCUT2D eigenvalue weighted by Gasteiger charge is 2.34. The fourth-order valence-electron chi connectivity index (χ4n) is 4.38. The van der Waals surface area contributed by atoms with Gasteiger partial charge in [-0.25, -0.2) is 4.98 Å². The predicted octanol–water partition coefficient (Wildman–Crippen LogP) is 3.88. The van der Waals surface area contributed by atoms with E-state index in [9.17, 15) is 4.79 Å². The van der Waals surface area contributed by atoms with E-state index in [0.717, 1.165) is 29.6 Å². The molecule has 0 aliphatic carbocycles. The van der Waals surface area contributed by atoms with Crippen LogP contribution >= 0.6 is 24.8 Å². The number of nitrogens with one attached hydrogen (secondary N) is 2. The number of amides is 1. The Hall–Kier alpha value is -2.08. The summed E-state index contributed by atoms with van der Waals surface area (Å²) in [7, 11) is 0. The van der Waals surface area contributed by atoms with Crippen molar-refractivity contribution in [3.8, 4) is 5.69 Å². The summed E-state index contributed by atoms with van der Waals surface area (Å²) in [4.78, 5) is 17.0. The number of nitrogens with zero attached hydrogens (tertiary/aromatic N) is 2. The number of imidazole rings is 1. The van der Waals surface area contributed by atoms with Crippen LogP contribution < -0.4 is 10.6 Å². The summed E-state index contributed by atoms with van der Waals surface area (Å²) in [5, 5.41) is 6.83. The monoisotopic (exact) mass is 418 g/mol. The zero-order valence-electron chi connectivity index (χ0n) is 15.4. The summed E-state index contributed by atoms with van der Waals surface area (Å²) >= 11 is 0. The Morgan fingerprint density at radius 2 is 1.68 bits per heavy atom. The minimum atomic E-state index is 0. The molecule has 5 rings (SSSR count). The molecule has 3 heterocycles. The summed E-state index contributed by atoms with van der Waals surface area (Å²) < 4.78 is 2.04. The second-order valence-corrected chi connectivity index (χ2v) is 7.43. The second kappa shape index (κ2) is 8.52. The molecular formula is C21H24Cl2N4O. The van der Waals surface area contributed by atoms with E-state index in [1.54, 1.807) is 0 Å². The summed E-state index contributed by atoms with van der Waals surface area (Å²) in [6, 6.07) is 17.3. The van der Waals surface area contributed by atoms with Crippen molar-refractivity contribution in [3.63, 3.8) is 0 Å². The number of piperidine rings is 1. The third-order valence-corrected chi connectivity index (χ3v) is 5.67. The van der Waals surface area contributed by atoms with E-state index >= 15 is 0 Å². The van der Waals surface area contributed by atoms with Crippen LogP contribution in [0.5, 0.6) is 0 Å². The fourth-order valence-corrected chi connectivity index (χ4v) is 4.38. The van der Waals surface area contributed by atoms with E-state index in [2.05, 4.69) is 15.6 Å². The van der Waals surface area contributed by atoms with Crippen molar-refractivity contribution in [2.24, 2.45) is 0 Å². The lowest BCUT2D eigenvalue weighted by atomic mass is 9.99. The second-order valence-electron chi connectivity index (χ2n) is 7.43. The van der Waals surface area contributed by atoms with E-state index < -0.39 is 0 Å². The Balaban J connectivity index is 0.00000112. The molecule has 2 bridgehead atoms. The molecule has 0 spiro atoms. The minimum absolute atomic E-state index is 0. The lowest BCUT2D eigenvalue weighted by Crippen LogP contribution is -2.48. The van der Waals surface area contributed by atoms with Gasteiger partial charge in [-0.05, 0) is 62.1 Å². The number of carbonyl (C=O) groups is 1. The maximum absolute atomic E-state index is 12.6. The average Bonchev–Trinajstić information content (AvgIpc) is 3.25. The van der Waals surface area contributed by atoms with Crippen LogP contribution in [0.3, 0.4) is 0 Å². The predicted molar refractivity (Wildman–Crippen MR) is 116 cm³/mol. The smallest absolute Gasteiger partial charge is 0.251 e. The van der Waals surface area contributed by atoms with Gasteiger partial charge in [-0.3, -0.25) is 9.36 Å². The van der Waals surface area contributed by atoms with Gasteiger partial charge in [0.1, 0.15) is 6.33 Å². The van der Waals surface area contributed by atoms with Crippen LogP contribution in [0, 0.1) is 0 Å². The molecule has 5 nitrogen and oxygen atoms in total. The number of carbonyl (C=O) groups excluding carboxylic acids is 1. The van der Waals surface area contributed by atoms with Crippen molar-refractivity contribution >= 4 is 41.8 Å². The molecule has 148 valence electrons. The summed E-state index contributed by atoms with van der Waals surface area (Å²) in [6.07, 6.45) is 6.39. The zero-order chi connectivity index (χ0) is 17.5. The molecule has 7 heteroatoms. The number of benzene rings is 2. The lowest BCUT2D eigenvalue weighted by molar-refractivity contribution is 0.0924. The molecule has 1 amide bonds. The highest BCUT2D eigenvalue weighted by molar-refractivity contribution is 5.94. The normalized spacial score (nSPS) is 22.9. The Labute approximate surface area is 176 Å². The van der Waals surface area contributed by atoms with Crippen LogP contribution in [0.4, 0.5) is 0 Å². The maximum Gasteiger partial charge on any atom is 0.251 e. The molecule has 2 aliphatic heterocycles. The van der Waals surface area contributed by atoms with Crippen LogP contribution in [0.2, 0.25) is 0 Å². The van der Waals surface area contributed by atoms with Crippen LogP contribution in [0.15, 0.2) is 54.9 Å². The molecule has 0 saturated carbocycles. The zero-order valence-corrected chi connectivity index (χ0v) is 17.0. The van der Waals surface area contributed by atoms with Crippen molar-refractivity contribution in [1.29, 1.82) is 0 Å². The van der Waals surface area contributed by atoms with Gasteiger partial charge < -0.3 is 10.6 Å².